The number of carbonyl (C=O) groups is 1. The third kappa shape index (κ3) is 5.18. The quantitative estimate of drug-likeness (QED) is 0.615. The molecule has 0 aliphatic rings. The van der Waals surface area contributed by atoms with Crippen molar-refractivity contribution in [3.8, 4) is 0 Å². The van der Waals surface area contributed by atoms with Gasteiger partial charge in [0.05, 0.1) is 5.56 Å². The highest BCUT2D eigenvalue weighted by molar-refractivity contribution is 7.48. The first-order valence-corrected chi connectivity index (χ1v) is 8.36. The van der Waals surface area contributed by atoms with Crippen LogP contribution in [-0.4, -0.2) is 12.9 Å². The number of aryl methyl sites for hydroxylation is 2. The SMILES string of the molecule is CCO[P+](=O)c1ccccc1C=O.Cc1cccc(C)c1C. The molecule has 0 aliphatic carbocycles. The molecule has 1 unspecified atom stereocenters. The summed E-state index contributed by atoms with van der Waals surface area (Å²) in [6.45, 7) is 8.58. The summed E-state index contributed by atoms with van der Waals surface area (Å²) < 4.78 is 16.3. The summed E-state index contributed by atoms with van der Waals surface area (Å²) in [6.07, 6.45) is 0.682. The van der Waals surface area contributed by atoms with E-state index in [4.69, 9.17) is 4.52 Å². The molecule has 0 aliphatic heterocycles. The van der Waals surface area contributed by atoms with Crippen LogP contribution in [0.3, 0.4) is 0 Å². The van der Waals surface area contributed by atoms with Crippen LogP contribution in [0.2, 0.25) is 0 Å². The molecular formula is C18H22O3P+. The van der Waals surface area contributed by atoms with Gasteiger partial charge in [-0.3, -0.25) is 4.79 Å². The fraction of sp³-hybridized carbons (Fsp3) is 0.278. The fourth-order valence-electron chi connectivity index (χ4n) is 1.84. The van der Waals surface area contributed by atoms with Crippen molar-refractivity contribution in [3.63, 3.8) is 0 Å². The van der Waals surface area contributed by atoms with Crippen molar-refractivity contribution in [2.45, 2.75) is 27.7 Å². The summed E-state index contributed by atoms with van der Waals surface area (Å²) in [6, 6.07) is 13.1. The number of aldehydes is 1. The molecular weight excluding hydrogens is 295 g/mol. The Morgan fingerprint density at radius 3 is 2.09 bits per heavy atom. The lowest BCUT2D eigenvalue weighted by Gasteiger charge is -2.00. The monoisotopic (exact) mass is 317 g/mol. The molecule has 0 saturated carbocycles. The van der Waals surface area contributed by atoms with Gasteiger partial charge in [-0.25, -0.2) is 0 Å². The second-order valence-corrected chi connectivity index (χ2v) is 6.12. The van der Waals surface area contributed by atoms with Gasteiger partial charge in [0.2, 0.25) is 5.30 Å². The van der Waals surface area contributed by atoms with Crippen molar-refractivity contribution in [2.75, 3.05) is 6.61 Å². The Balaban J connectivity index is 0.000000235. The van der Waals surface area contributed by atoms with Crippen LogP contribution in [0.4, 0.5) is 0 Å². The molecule has 0 amide bonds. The third-order valence-corrected chi connectivity index (χ3v) is 4.68. The Morgan fingerprint density at radius 2 is 1.59 bits per heavy atom. The second kappa shape index (κ2) is 9.24. The Kier molecular flexibility index (Phi) is 7.65. The molecule has 116 valence electrons. The first-order valence-electron chi connectivity index (χ1n) is 7.18. The molecule has 0 N–H and O–H groups in total. The van der Waals surface area contributed by atoms with E-state index in [0.29, 0.717) is 23.8 Å². The number of rotatable bonds is 4. The van der Waals surface area contributed by atoms with Crippen LogP contribution in [0, 0.1) is 20.8 Å². The Bertz CT molecular complexity index is 630. The summed E-state index contributed by atoms with van der Waals surface area (Å²) in [5.74, 6) is 0. The van der Waals surface area contributed by atoms with Gasteiger partial charge in [0.25, 0.3) is 0 Å². The zero-order valence-corrected chi connectivity index (χ0v) is 14.4. The number of hydrogen-bond acceptors (Lipinski definition) is 3. The number of hydrogen-bond donors (Lipinski definition) is 0. The third-order valence-electron chi connectivity index (χ3n) is 3.38. The average molecular weight is 317 g/mol. The van der Waals surface area contributed by atoms with Gasteiger partial charge < -0.3 is 0 Å². The molecule has 3 nitrogen and oxygen atoms in total. The van der Waals surface area contributed by atoms with Crippen molar-refractivity contribution in [1.29, 1.82) is 0 Å². The minimum atomic E-state index is -1.88. The molecule has 0 saturated heterocycles. The van der Waals surface area contributed by atoms with E-state index < -0.39 is 8.03 Å². The average Bonchev–Trinajstić information content (AvgIpc) is 2.53. The van der Waals surface area contributed by atoms with E-state index in [2.05, 4.69) is 39.0 Å². The van der Waals surface area contributed by atoms with Gasteiger partial charge in [0.1, 0.15) is 6.61 Å². The molecule has 2 aromatic carbocycles. The minimum Gasteiger partial charge on any atom is -0.298 e. The highest BCUT2D eigenvalue weighted by Crippen LogP contribution is 2.22. The van der Waals surface area contributed by atoms with Crippen molar-refractivity contribution < 1.29 is 13.9 Å². The van der Waals surface area contributed by atoms with Gasteiger partial charge in [-0.05, 0) is 61.1 Å². The molecule has 1 atom stereocenters. The van der Waals surface area contributed by atoms with E-state index in [1.54, 1.807) is 31.2 Å². The van der Waals surface area contributed by atoms with Crippen molar-refractivity contribution in [3.05, 3.63) is 64.7 Å². The lowest BCUT2D eigenvalue weighted by molar-refractivity contribution is 0.112. The van der Waals surface area contributed by atoms with E-state index >= 15 is 0 Å². The largest absolute Gasteiger partial charge is 0.549 e. The van der Waals surface area contributed by atoms with Crippen LogP contribution in [-0.2, 0) is 9.09 Å². The maximum atomic E-state index is 11.4. The predicted octanol–water partition coefficient (Wildman–Crippen LogP) is 4.52. The first kappa shape index (κ1) is 18.2. The van der Waals surface area contributed by atoms with Crippen LogP contribution < -0.4 is 5.30 Å². The fourth-order valence-corrected chi connectivity index (χ4v) is 2.76. The zero-order valence-electron chi connectivity index (χ0n) is 13.5. The summed E-state index contributed by atoms with van der Waals surface area (Å²) in [5.41, 5.74) is 4.61. The van der Waals surface area contributed by atoms with Gasteiger partial charge in [0.15, 0.2) is 6.29 Å². The first-order chi connectivity index (χ1) is 10.5. The van der Waals surface area contributed by atoms with Gasteiger partial charge in [0, 0.05) is 0 Å². The van der Waals surface area contributed by atoms with Gasteiger partial charge in [-0.15, -0.1) is 4.52 Å². The normalized spacial score (nSPS) is 10.5. The van der Waals surface area contributed by atoms with Crippen molar-refractivity contribution in [1.82, 2.24) is 0 Å². The van der Waals surface area contributed by atoms with E-state index in [1.165, 1.54) is 16.7 Å². The van der Waals surface area contributed by atoms with Crippen molar-refractivity contribution >= 4 is 19.6 Å². The van der Waals surface area contributed by atoms with E-state index in [9.17, 15) is 9.36 Å². The molecule has 0 radical (unpaired) electrons. The molecule has 2 aromatic rings. The van der Waals surface area contributed by atoms with E-state index in [0.717, 1.165) is 0 Å². The summed E-state index contributed by atoms with van der Waals surface area (Å²) >= 11 is 0. The number of benzene rings is 2. The van der Waals surface area contributed by atoms with Gasteiger partial charge in [-0.2, -0.15) is 0 Å². The Hall–Kier alpha value is -1.83. The van der Waals surface area contributed by atoms with Gasteiger partial charge in [-0.1, -0.05) is 30.3 Å². The topological polar surface area (TPSA) is 43.4 Å². The maximum absolute atomic E-state index is 11.4. The molecule has 4 heteroatoms. The Labute approximate surface area is 133 Å². The molecule has 22 heavy (non-hydrogen) atoms. The van der Waals surface area contributed by atoms with Crippen LogP contribution in [0.1, 0.15) is 34.0 Å². The Morgan fingerprint density at radius 1 is 1.00 bits per heavy atom. The van der Waals surface area contributed by atoms with Crippen molar-refractivity contribution in [2.24, 2.45) is 0 Å². The minimum absolute atomic E-state index is 0.377. The van der Waals surface area contributed by atoms with Crippen LogP contribution >= 0.6 is 8.03 Å². The highest BCUT2D eigenvalue weighted by Gasteiger charge is 2.24. The standard InChI is InChI=1S/C9H10O3P.C9H12/c1-2-12-13(11)9-6-4-3-5-8(9)7-10;1-7-5-4-6-8(2)9(7)3/h3-7H,2H2,1H3;4-6H,1-3H3/q+1;. The second-order valence-electron chi connectivity index (χ2n) is 4.87. The molecule has 0 heterocycles. The molecule has 0 bridgehead atoms. The smallest absolute Gasteiger partial charge is 0.298 e. The lowest BCUT2D eigenvalue weighted by atomic mass is 10.1. The van der Waals surface area contributed by atoms with E-state index in [1.807, 2.05) is 0 Å². The highest BCUT2D eigenvalue weighted by atomic mass is 31.1. The number of carbonyl (C=O) groups excluding carboxylic acids is 1. The van der Waals surface area contributed by atoms with Crippen LogP contribution in [0.15, 0.2) is 42.5 Å². The molecule has 0 aromatic heterocycles. The summed E-state index contributed by atoms with van der Waals surface area (Å²) in [7, 11) is -1.88. The van der Waals surface area contributed by atoms with Gasteiger partial charge >= 0.3 is 8.03 Å². The molecule has 2 rings (SSSR count). The van der Waals surface area contributed by atoms with E-state index in [-0.39, 0.29) is 0 Å². The maximum Gasteiger partial charge on any atom is 0.549 e. The lowest BCUT2D eigenvalue weighted by Crippen LogP contribution is -2.05. The summed E-state index contributed by atoms with van der Waals surface area (Å²) in [4.78, 5) is 10.6. The molecule has 0 fully saturated rings. The molecule has 0 spiro atoms. The zero-order chi connectivity index (χ0) is 16.5. The van der Waals surface area contributed by atoms with Crippen LogP contribution in [0.5, 0.6) is 0 Å². The predicted molar refractivity (Wildman–Crippen MR) is 91.3 cm³/mol. The van der Waals surface area contributed by atoms with Crippen LogP contribution in [0.25, 0.3) is 0 Å². The summed E-state index contributed by atoms with van der Waals surface area (Å²) in [5, 5.41) is 0.467.